The van der Waals surface area contributed by atoms with Gasteiger partial charge in [-0.1, -0.05) is 253 Å². The molecule has 4 aromatic carbocycles. The lowest BCUT2D eigenvalue weighted by molar-refractivity contribution is -0.143. The molecule has 0 N–H and O–H groups in total. The Hall–Kier alpha value is -7.28. The van der Waals surface area contributed by atoms with Gasteiger partial charge in [-0.25, -0.2) is 0 Å². The Kier molecular flexibility index (Phi) is 50.4. The molecule has 0 spiro atoms. The van der Waals surface area contributed by atoms with Crippen molar-refractivity contribution in [3.8, 4) is 5.75 Å². The first-order valence-corrected chi connectivity index (χ1v) is 36.7. The van der Waals surface area contributed by atoms with E-state index >= 15 is 0 Å². The number of carbonyl (C=O) groups is 12. The monoisotopic (exact) mass is 1340 g/mol. The van der Waals surface area contributed by atoms with Gasteiger partial charge in [0.2, 0.25) is 11.6 Å². The second-order valence-corrected chi connectivity index (χ2v) is 26.3. The molecule has 0 aliphatic heterocycles. The largest absolute Gasteiger partial charge is 0.494 e. The maximum Gasteiger partial charge on any atom is 0.228 e. The molecule has 97 heavy (non-hydrogen) atoms. The van der Waals surface area contributed by atoms with Crippen molar-refractivity contribution >= 4 is 69.4 Å². The van der Waals surface area contributed by atoms with E-state index in [2.05, 4.69) is 13.8 Å². The molecular formula is C84H120O13. The van der Waals surface area contributed by atoms with Gasteiger partial charge in [-0.2, -0.15) is 0 Å². The van der Waals surface area contributed by atoms with Crippen LogP contribution in [-0.2, 0) is 38.4 Å². The van der Waals surface area contributed by atoms with Crippen LogP contribution in [0.25, 0.3) is 0 Å². The first kappa shape index (κ1) is 87.7. The molecular weight excluding hydrogens is 1220 g/mol. The van der Waals surface area contributed by atoms with Crippen LogP contribution in [0, 0.1) is 5.41 Å². The van der Waals surface area contributed by atoms with Crippen LogP contribution >= 0.6 is 0 Å². The zero-order chi connectivity index (χ0) is 71.9. The lowest BCUT2D eigenvalue weighted by Crippen LogP contribution is -2.40. The summed E-state index contributed by atoms with van der Waals surface area (Å²) < 4.78 is 5.75. The highest BCUT2D eigenvalue weighted by Gasteiger charge is 2.42. The number of benzene rings is 4. The molecule has 1 aliphatic carbocycles. The smallest absolute Gasteiger partial charge is 0.228 e. The number of ketones is 12. The zero-order valence-electron chi connectivity index (χ0n) is 60.8. The molecule has 0 aromatic heterocycles. The van der Waals surface area contributed by atoms with Gasteiger partial charge >= 0.3 is 0 Å². The lowest BCUT2D eigenvalue weighted by atomic mass is 9.70. The Bertz CT molecular complexity index is 2920. The highest BCUT2D eigenvalue weighted by atomic mass is 16.5. The number of ether oxygens (including phenoxy) is 1. The standard InChI is InChI=1S/C23H36O3.C23H44O2.C15H12O2.C12H12O3.C11H16O3/c1-3-4-5-6-7-8-9-10-11-12-19-26-22-16-14-21(15-17-22)23(25)18-13-20(2)24;1-3-4-5-6-7-8-9-10-11-12-13-14-15-16-17-18-19-23(25)21-20-22(2)24;1-11(16)13-9-5-6-10-14(13)15(17)12-7-3-2-4-8-12;1-9(13)7-8-11(14)12(15)10-5-3-2-4-6-10;1-8(12)6-7-11(2)9(13)4-3-5-10(11)14/h14-17H,3-13,18-19H2,1-2H3;3-21H2,1-2H3;2-10H,1H3;2-6H,7-8H2,1H3;3-7H2,1-2H3. The number of hydrogen-bond acceptors (Lipinski definition) is 13. The van der Waals surface area contributed by atoms with Crippen molar-refractivity contribution in [3.05, 3.63) is 137 Å². The Morgan fingerprint density at radius 3 is 1.19 bits per heavy atom. The number of rotatable bonds is 47. The van der Waals surface area contributed by atoms with Crippen molar-refractivity contribution in [2.45, 2.75) is 299 Å². The average molecular weight is 1340 g/mol. The van der Waals surface area contributed by atoms with Gasteiger partial charge in [0.1, 0.15) is 46.2 Å². The minimum atomic E-state index is -0.871. The summed E-state index contributed by atoms with van der Waals surface area (Å²) in [5.74, 6) is 0.0160. The topological polar surface area (TPSA) is 214 Å². The van der Waals surface area contributed by atoms with Crippen LogP contribution in [0.1, 0.15) is 346 Å². The molecule has 0 unspecified atom stereocenters. The van der Waals surface area contributed by atoms with Crippen molar-refractivity contribution in [2.24, 2.45) is 5.41 Å². The SMILES string of the molecule is CC(=O)CCC(=O)C(=O)c1ccccc1.CC(=O)CCC1(C)C(=O)CCCC1=O.CC(=O)c1ccccc1C(=O)c1ccccc1.CCCCCCCCCCCCCCCCCCC(=O)CCC(C)=O.CCCCCCCCCCCCOc1ccc(C(=O)CCC(C)=O)cc1. The fourth-order valence-corrected chi connectivity index (χ4v) is 11.0. The van der Waals surface area contributed by atoms with E-state index in [0.29, 0.717) is 85.6 Å². The summed E-state index contributed by atoms with van der Waals surface area (Å²) in [5.41, 5.74) is 1.70. The van der Waals surface area contributed by atoms with E-state index in [1.807, 2.05) is 30.3 Å². The Morgan fingerprint density at radius 2 is 0.753 bits per heavy atom. The van der Waals surface area contributed by atoms with Crippen molar-refractivity contribution in [1.82, 2.24) is 0 Å². The number of unbranched alkanes of at least 4 members (excludes halogenated alkanes) is 24. The summed E-state index contributed by atoms with van der Waals surface area (Å²) in [6.45, 7) is 14.4. The van der Waals surface area contributed by atoms with Gasteiger partial charge in [-0.15, -0.1) is 0 Å². The van der Waals surface area contributed by atoms with E-state index in [1.165, 1.54) is 182 Å². The summed E-state index contributed by atoms with van der Waals surface area (Å²) in [6, 6.07) is 31.5. The molecule has 4 aromatic rings. The fourth-order valence-electron chi connectivity index (χ4n) is 11.0. The number of carbonyl (C=O) groups excluding carboxylic acids is 12. The first-order chi connectivity index (χ1) is 46.6. The molecule has 0 saturated heterocycles. The van der Waals surface area contributed by atoms with E-state index in [1.54, 1.807) is 92.7 Å². The molecule has 534 valence electrons. The summed E-state index contributed by atoms with van der Waals surface area (Å²) in [4.78, 5) is 136. The minimum Gasteiger partial charge on any atom is -0.494 e. The molecule has 0 atom stereocenters. The van der Waals surface area contributed by atoms with Crippen LogP contribution in [0.15, 0.2) is 109 Å². The number of Topliss-reactive ketones (excluding diaryl/α,β-unsaturated/α-hetero) is 11. The normalized spacial score (nSPS) is 12.0. The molecule has 0 bridgehead atoms. The van der Waals surface area contributed by atoms with Gasteiger partial charge in [0.15, 0.2) is 17.3 Å². The number of hydrogen-bond donors (Lipinski definition) is 0. The molecule has 1 fully saturated rings. The van der Waals surface area contributed by atoms with Gasteiger partial charge < -0.3 is 23.9 Å². The van der Waals surface area contributed by atoms with Crippen LogP contribution in [0.2, 0.25) is 0 Å². The summed E-state index contributed by atoms with van der Waals surface area (Å²) in [7, 11) is 0. The first-order valence-electron chi connectivity index (χ1n) is 36.7. The fraction of sp³-hybridized carbons (Fsp3) is 0.571. The van der Waals surface area contributed by atoms with Gasteiger partial charge in [0.05, 0.1) is 12.0 Å². The Balaban J connectivity index is 0.000000619. The molecule has 0 heterocycles. The molecule has 13 heteroatoms. The Labute approximate surface area is 583 Å². The van der Waals surface area contributed by atoms with Crippen LogP contribution < -0.4 is 4.74 Å². The minimum absolute atomic E-state index is 0.00304. The predicted octanol–water partition coefficient (Wildman–Crippen LogP) is 20.7. The summed E-state index contributed by atoms with van der Waals surface area (Å²) in [6.07, 6.45) is 39.5. The van der Waals surface area contributed by atoms with Gasteiger partial charge in [0, 0.05) is 92.0 Å². The van der Waals surface area contributed by atoms with Crippen LogP contribution in [0.5, 0.6) is 5.75 Å². The molecule has 13 nitrogen and oxygen atoms in total. The third-order valence-corrected chi connectivity index (χ3v) is 17.3. The van der Waals surface area contributed by atoms with Crippen LogP contribution in [0.3, 0.4) is 0 Å². The third-order valence-electron chi connectivity index (χ3n) is 17.3. The van der Waals surface area contributed by atoms with Crippen LogP contribution in [0.4, 0.5) is 0 Å². The molecule has 1 aliphatic rings. The highest BCUT2D eigenvalue weighted by Crippen LogP contribution is 2.34. The lowest BCUT2D eigenvalue weighted by Gasteiger charge is -2.29. The van der Waals surface area contributed by atoms with Crippen molar-refractivity contribution in [1.29, 1.82) is 0 Å². The Morgan fingerprint density at radius 1 is 0.371 bits per heavy atom. The molecule has 1 saturated carbocycles. The van der Waals surface area contributed by atoms with Crippen molar-refractivity contribution in [2.75, 3.05) is 6.61 Å². The molecule has 0 radical (unpaired) electrons. The zero-order valence-corrected chi connectivity index (χ0v) is 60.8. The van der Waals surface area contributed by atoms with Gasteiger partial charge in [-0.3, -0.25) is 38.4 Å². The molecule has 0 amide bonds. The quantitative estimate of drug-likeness (QED) is 0.0174. The maximum absolute atomic E-state index is 12.2. The van der Waals surface area contributed by atoms with Gasteiger partial charge in [-0.05, 0) is 91.5 Å². The van der Waals surface area contributed by atoms with E-state index in [4.69, 9.17) is 4.74 Å². The maximum atomic E-state index is 12.2. The molecule has 5 rings (SSSR count). The average Bonchev–Trinajstić information content (AvgIpc) is 0.850. The summed E-state index contributed by atoms with van der Waals surface area (Å²) >= 11 is 0. The third kappa shape index (κ3) is 43.6. The van der Waals surface area contributed by atoms with E-state index in [-0.39, 0.29) is 77.1 Å². The van der Waals surface area contributed by atoms with Crippen LogP contribution in [-0.4, -0.2) is 76.0 Å². The predicted molar refractivity (Wildman–Crippen MR) is 391 cm³/mol. The van der Waals surface area contributed by atoms with E-state index in [0.717, 1.165) is 25.2 Å². The second-order valence-electron chi connectivity index (χ2n) is 26.3. The van der Waals surface area contributed by atoms with Crippen molar-refractivity contribution < 1.29 is 62.3 Å². The summed E-state index contributed by atoms with van der Waals surface area (Å²) in [5, 5.41) is 0. The second kappa shape index (κ2) is 55.7. The van der Waals surface area contributed by atoms with Crippen molar-refractivity contribution in [3.63, 3.8) is 0 Å². The van der Waals surface area contributed by atoms with E-state index in [9.17, 15) is 57.5 Å². The van der Waals surface area contributed by atoms with E-state index < -0.39 is 17.0 Å². The highest BCUT2D eigenvalue weighted by molar-refractivity contribution is 6.43. The van der Waals surface area contributed by atoms with Gasteiger partial charge in [0.25, 0.3) is 0 Å².